The first kappa shape index (κ1) is 15.4. The summed E-state index contributed by atoms with van der Waals surface area (Å²) in [7, 11) is 1.42. The Kier molecular flexibility index (Phi) is 4.90. The van der Waals surface area contributed by atoms with Crippen LogP contribution in [-0.4, -0.2) is 18.0 Å². The molecule has 1 aromatic heterocycles. The molecule has 0 saturated carbocycles. The number of halogens is 1. The lowest BCUT2D eigenvalue weighted by Gasteiger charge is -2.15. The first-order valence-corrected chi connectivity index (χ1v) is 7.41. The van der Waals surface area contributed by atoms with Gasteiger partial charge in [-0.2, -0.15) is 0 Å². The van der Waals surface area contributed by atoms with Crippen molar-refractivity contribution in [1.29, 1.82) is 0 Å². The summed E-state index contributed by atoms with van der Waals surface area (Å²) in [6.45, 7) is 3.71. The van der Waals surface area contributed by atoms with Gasteiger partial charge in [0.15, 0.2) is 11.6 Å². The van der Waals surface area contributed by atoms with Crippen molar-refractivity contribution in [3.8, 4) is 5.75 Å². The summed E-state index contributed by atoms with van der Waals surface area (Å²) in [6, 6.07) is 4.38. The molecule has 0 radical (unpaired) electrons. The summed E-state index contributed by atoms with van der Waals surface area (Å²) in [4.78, 5) is 16.2. The van der Waals surface area contributed by atoms with Crippen LogP contribution < -0.4 is 10.1 Å². The second-order valence-corrected chi connectivity index (χ2v) is 5.78. The van der Waals surface area contributed by atoms with Gasteiger partial charge in [-0.15, -0.1) is 11.3 Å². The number of ether oxygens (including phenoxy) is 1. The number of amides is 1. The molecule has 0 unspecified atom stereocenters. The number of aromatic nitrogens is 1. The molecule has 112 valence electrons. The Hall–Kier alpha value is -1.95. The summed E-state index contributed by atoms with van der Waals surface area (Å²) in [5.74, 6) is -0.384. The highest BCUT2D eigenvalue weighted by atomic mass is 32.1. The normalized spacial score (nSPS) is 12.0. The van der Waals surface area contributed by atoms with Crippen molar-refractivity contribution in [2.45, 2.75) is 26.3 Å². The van der Waals surface area contributed by atoms with Crippen LogP contribution in [0.2, 0.25) is 0 Å². The quantitative estimate of drug-likeness (QED) is 0.923. The molecule has 1 heterocycles. The lowest BCUT2D eigenvalue weighted by Crippen LogP contribution is -2.28. The van der Waals surface area contributed by atoms with Gasteiger partial charge in [-0.25, -0.2) is 9.37 Å². The summed E-state index contributed by atoms with van der Waals surface area (Å²) in [5.41, 5.74) is 1.44. The Morgan fingerprint density at radius 2 is 2.29 bits per heavy atom. The number of methoxy groups -OCH3 is 1. The minimum absolute atomic E-state index is 0.135. The van der Waals surface area contributed by atoms with Crippen molar-refractivity contribution in [3.05, 3.63) is 45.7 Å². The van der Waals surface area contributed by atoms with Crippen LogP contribution in [0.15, 0.2) is 23.6 Å². The Morgan fingerprint density at radius 1 is 1.52 bits per heavy atom. The number of rotatable bonds is 5. The van der Waals surface area contributed by atoms with Gasteiger partial charge in [-0.1, -0.05) is 6.07 Å². The Morgan fingerprint density at radius 3 is 2.86 bits per heavy atom. The molecule has 1 amide bonds. The van der Waals surface area contributed by atoms with Gasteiger partial charge >= 0.3 is 0 Å². The highest BCUT2D eigenvalue weighted by molar-refractivity contribution is 7.09. The van der Waals surface area contributed by atoms with Crippen molar-refractivity contribution in [1.82, 2.24) is 10.3 Å². The second kappa shape index (κ2) is 6.67. The molecule has 1 atom stereocenters. The standard InChI is InChI=1S/C15H17FN2O2S/c1-9(11-4-5-14(20-3)13(16)6-11)17-15(19)7-12-8-21-10(2)18-12/h4-6,8-9H,7H2,1-3H3,(H,17,19)/t9-/m0/s1. The maximum atomic E-state index is 13.7. The maximum Gasteiger partial charge on any atom is 0.226 e. The van der Waals surface area contributed by atoms with Crippen LogP contribution in [0.4, 0.5) is 4.39 Å². The zero-order valence-corrected chi connectivity index (χ0v) is 13.0. The van der Waals surface area contributed by atoms with Gasteiger partial charge in [0.2, 0.25) is 5.91 Å². The molecule has 2 aromatic rings. The number of hydrogen-bond donors (Lipinski definition) is 1. The zero-order valence-electron chi connectivity index (χ0n) is 12.1. The number of nitrogens with one attached hydrogen (secondary N) is 1. The van der Waals surface area contributed by atoms with Crippen LogP contribution in [0.3, 0.4) is 0 Å². The van der Waals surface area contributed by atoms with Crippen LogP contribution in [0.1, 0.15) is 29.2 Å². The first-order chi connectivity index (χ1) is 9.99. The Bertz CT molecular complexity index is 642. The molecule has 21 heavy (non-hydrogen) atoms. The van der Waals surface area contributed by atoms with Gasteiger partial charge in [-0.3, -0.25) is 4.79 Å². The SMILES string of the molecule is COc1ccc([C@H](C)NC(=O)Cc2csc(C)n2)cc1F. The molecule has 0 aliphatic heterocycles. The van der Waals surface area contributed by atoms with Crippen LogP contribution in [0.25, 0.3) is 0 Å². The molecular weight excluding hydrogens is 291 g/mol. The third-order valence-electron chi connectivity index (χ3n) is 3.06. The number of nitrogens with zero attached hydrogens (tertiary/aromatic N) is 1. The molecule has 0 bridgehead atoms. The van der Waals surface area contributed by atoms with Crippen LogP contribution >= 0.6 is 11.3 Å². The minimum Gasteiger partial charge on any atom is -0.494 e. The molecule has 1 aromatic carbocycles. The minimum atomic E-state index is -0.439. The van der Waals surface area contributed by atoms with E-state index in [1.54, 1.807) is 12.1 Å². The molecule has 4 nitrogen and oxygen atoms in total. The van der Waals surface area contributed by atoms with E-state index in [9.17, 15) is 9.18 Å². The van der Waals surface area contributed by atoms with E-state index >= 15 is 0 Å². The van der Waals surface area contributed by atoms with Gasteiger partial charge < -0.3 is 10.1 Å². The molecular formula is C15H17FN2O2S. The summed E-state index contributed by atoms with van der Waals surface area (Å²) < 4.78 is 18.5. The predicted molar refractivity (Wildman–Crippen MR) is 80.1 cm³/mol. The van der Waals surface area contributed by atoms with E-state index in [1.165, 1.54) is 24.5 Å². The lowest BCUT2D eigenvalue weighted by molar-refractivity contribution is -0.121. The molecule has 0 fully saturated rings. The number of benzene rings is 1. The van der Waals surface area contributed by atoms with Gasteiger partial charge in [0.25, 0.3) is 0 Å². The van der Waals surface area contributed by atoms with Crippen molar-refractivity contribution in [2.75, 3.05) is 7.11 Å². The molecule has 0 spiro atoms. The van der Waals surface area contributed by atoms with Crippen molar-refractivity contribution >= 4 is 17.2 Å². The largest absolute Gasteiger partial charge is 0.494 e. The van der Waals surface area contributed by atoms with Gasteiger partial charge in [-0.05, 0) is 31.5 Å². The lowest BCUT2D eigenvalue weighted by atomic mass is 10.1. The number of carbonyl (C=O) groups is 1. The summed E-state index contributed by atoms with van der Waals surface area (Å²) in [6.07, 6.45) is 0.229. The first-order valence-electron chi connectivity index (χ1n) is 6.53. The fraction of sp³-hybridized carbons (Fsp3) is 0.333. The zero-order chi connectivity index (χ0) is 15.4. The molecule has 1 N–H and O–H groups in total. The average Bonchev–Trinajstić information content (AvgIpc) is 2.83. The van der Waals surface area contributed by atoms with Crippen LogP contribution in [0, 0.1) is 12.7 Å². The predicted octanol–water partition coefficient (Wildman–Crippen LogP) is 3.02. The van der Waals surface area contributed by atoms with E-state index in [4.69, 9.17) is 4.74 Å². The number of thiazole rings is 1. The smallest absolute Gasteiger partial charge is 0.226 e. The second-order valence-electron chi connectivity index (χ2n) is 4.72. The average molecular weight is 308 g/mol. The summed E-state index contributed by atoms with van der Waals surface area (Å²) in [5, 5.41) is 5.64. The number of carbonyl (C=O) groups excluding carboxylic acids is 1. The number of hydrogen-bond acceptors (Lipinski definition) is 4. The highest BCUT2D eigenvalue weighted by Crippen LogP contribution is 2.21. The maximum absolute atomic E-state index is 13.7. The fourth-order valence-corrected chi connectivity index (χ4v) is 2.59. The van der Waals surface area contributed by atoms with Gasteiger partial charge in [0.05, 0.1) is 30.3 Å². The topological polar surface area (TPSA) is 51.2 Å². The highest BCUT2D eigenvalue weighted by Gasteiger charge is 2.13. The van der Waals surface area contributed by atoms with Crippen molar-refractivity contribution in [3.63, 3.8) is 0 Å². The molecule has 0 aliphatic rings. The van der Waals surface area contributed by atoms with E-state index in [-0.39, 0.29) is 24.1 Å². The van der Waals surface area contributed by atoms with E-state index in [1.807, 2.05) is 19.2 Å². The molecule has 0 saturated heterocycles. The molecule has 2 rings (SSSR count). The molecule has 6 heteroatoms. The van der Waals surface area contributed by atoms with Gasteiger partial charge in [0, 0.05) is 5.38 Å². The summed E-state index contributed by atoms with van der Waals surface area (Å²) >= 11 is 1.51. The monoisotopic (exact) mass is 308 g/mol. The van der Waals surface area contributed by atoms with Gasteiger partial charge in [0.1, 0.15) is 0 Å². The third-order valence-corrected chi connectivity index (χ3v) is 3.88. The van der Waals surface area contributed by atoms with E-state index in [0.717, 1.165) is 10.7 Å². The Labute approximate surface area is 127 Å². The van der Waals surface area contributed by atoms with Crippen molar-refractivity contribution < 1.29 is 13.9 Å². The van der Waals surface area contributed by atoms with E-state index < -0.39 is 5.82 Å². The fourth-order valence-electron chi connectivity index (χ4n) is 1.98. The van der Waals surface area contributed by atoms with E-state index in [2.05, 4.69) is 10.3 Å². The van der Waals surface area contributed by atoms with Crippen LogP contribution in [0.5, 0.6) is 5.75 Å². The van der Waals surface area contributed by atoms with Crippen LogP contribution in [-0.2, 0) is 11.2 Å². The van der Waals surface area contributed by atoms with E-state index in [0.29, 0.717) is 5.56 Å². The third kappa shape index (κ3) is 4.01. The molecule has 0 aliphatic carbocycles. The Balaban J connectivity index is 1.98. The number of aryl methyl sites for hydroxylation is 1. The van der Waals surface area contributed by atoms with Crippen molar-refractivity contribution in [2.24, 2.45) is 0 Å².